The average molecular weight is 262 g/mol. The molecule has 2 rings (SSSR count). The molecule has 0 aliphatic rings. The molecule has 2 heterocycles. The van der Waals surface area contributed by atoms with Crippen molar-refractivity contribution in [3.05, 3.63) is 23.1 Å². The van der Waals surface area contributed by atoms with Gasteiger partial charge in [0.1, 0.15) is 5.82 Å². The Balaban J connectivity index is 2.16. The van der Waals surface area contributed by atoms with Crippen LogP contribution in [0.5, 0.6) is 0 Å². The second-order valence-electron chi connectivity index (χ2n) is 4.29. The number of hydrogen-bond donors (Lipinski definition) is 4. The number of rotatable bonds is 5. The van der Waals surface area contributed by atoms with Crippen molar-refractivity contribution in [2.75, 3.05) is 11.1 Å². The van der Waals surface area contributed by atoms with Gasteiger partial charge in [0.25, 0.3) is 5.91 Å². The second-order valence-corrected chi connectivity index (χ2v) is 4.29. The minimum atomic E-state index is -0.338. The van der Waals surface area contributed by atoms with Crippen LogP contribution in [0.25, 0.3) is 0 Å². The van der Waals surface area contributed by atoms with Crippen LogP contribution in [0.1, 0.15) is 42.0 Å². The second kappa shape index (κ2) is 5.55. The summed E-state index contributed by atoms with van der Waals surface area (Å²) >= 11 is 0. The van der Waals surface area contributed by atoms with E-state index in [9.17, 15) is 4.79 Å². The Labute approximate surface area is 111 Å². The fourth-order valence-electron chi connectivity index (χ4n) is 1.86. The normalized spacial score (nSPS) is 10.6. The molecule has 0 aliphatic carbocycles. The van der Waals surface area contributed by atoms with Gasteiger partial charge in [-0.05, 0) is 12.8 Å². The van der Waals surface area contributed by atoms with Gasteiger partial charge in [-0.3, -0.25) is 15.0 Å². The van der Waals surface area contributed by atoms with Gasteiger partial charge in [-0.15, -0.1) is 0 Å². The summed E-state index contributed by atoms with van der Waals surface area (Å²) in [6, 6.07) is 0. The van der Waals surface area contributed by atoms with Gasteiger partial charge in [0.05, 0.1) is 17.6 Å². The molecular weight excluding hydrogens is 244 g/mol. The molecule has 0 bridgehead atoms. The number of aromatic amines is 2. The van der Waals surface area contributed by atoms with E-state index in [0.717, 1.165) is 30.5 Å². The first-order chi connectivity index (χ1) is 9.17. The number of aromatic nitrogens is 4. The number of carbonyl (C=O) groups is 1. The topological polar surface area (TPSA) is 112 Å². The lowest BCUT2D eigenvalue weighted by atomic mass is 10.2. The van der Waals surface area contributed by atoms with Gasteiger partial charge in [0, 0.05) is 5.56 Å². The van der Waals surface area contributed by atoms with E-state index in [1.807, 2.05) is 13.8 Å². The molecule has 0 unspecified atom stereocenters. The van der Waals surface area contributed by atoms with Crippen LogP contribution in [0.4, 0.5) is 11.5 Å². The van der Waals surface area contributed by atoms with Crippen LogP contribution in [0, 0.1) is 0 Å². The van der Waals surface area contributed by atoms with Crippen LogP contribution >= 0.6 is 0 Å². The molecule has 0 fully saturated rings. The molecule has 0 atom stereocenters. The number of anilines is 2. The number of nitrogen functional groups attached to an aromatic ring is 1. The van der Waals surface area contributed by atoms with Gasteiger partial charge in [-0.2, -0.15) is 10.2 Å². The minimum Gasteiger partial charge on any atom is -0.395 e. The van der Waals surface area contributed by atoms with Crippen LogP contribution < -0.4 is 11.1 Å². The summed E-state index contributed by atoms with van der Waals surface area (Å²) in [6.45, 7) is 4.03. The fraction of sp³-hybridized carbons (Fsp3) is 0.417. The highest BCUT2D eigenvalue weighted by atomic mass is 16.2. The number of nitrogens with two attached hydrogens (primary N) is 1. The molecule has 19 heavy (non-hydrogen) atoms. The number of aryl methyl sites for hydroxylation is 2. The van der Waals surface area contributed by atoms with Crippen molar-refractivity contribution >= 4 is 17.4 Å². The first-order valence-corrected chi connectivity index (χ1v) is 6.33. The quantitative estimate of drug-likeness (QED) is 0.653. The number of carbonyl (C=O) groups excluding carboxylic acids is 1. The van der Waals surface area contributed by atoms with Gasteiger partial charge in [-0.25, -0.2) is 0 Å². The smallest absolute Gasteiger partial charge is 0.279 e. The molecule has 0 aliphatic heterocycles. The maximum Gasteiger partial charge on any atom is 0.279 e. The Morgan fingerprint density at radius 3 is 2.89 bits per heavy atom. The number of hydrogen-bond acceptors (Lipinski definition) is 4. The SMILES string of the molecule is CCCc1[nH]nc(C(=O)Nc2[nH]ncc2CC)c1N. The van der Waals surface area contributed by atoms with E-state index in [1.54, 1.807) is 6.20 Å². The molecular formula is C12H18N6O. The Kier molecular flexibility index (Phi) is 3.84. The van der Waals surface area contributed by atoms with E-state index in [-0.39, 0.29) is 11.6 Å². The molecule has 2 aromatic heterocycles. The zero-order valence-corrected chi connectivity index (χ0v) is 11.1. The van der Waals surface area contributed by atoms with E-state index >= 15 is 0 Å². The first-order valence-electron chi connectivity index (χ1n) is 6.33. The van der Waals surface area contributed by atoms with E-state index < -0.39 is 0 Å². The molecule has 5 N–H and O–H groups in total. The molecule has 0 spiro atoms. The van der Waals surface area contributed by atoms with Crippen LogP contribution in [0.2, 0.25) is 0 Å². The molecule has 7 heteroatoms. The van der Waals surface area contributed by atoms with Gasteiger partial charge >= 0.3 is 0 Å². The summed E-state index contributed by atoms with van der Waals surface area (Å²) in [7, 11) is 0. The van der Waals surface area contributed by atoms with Crippen molar-refractivity contribution in [1.82, 2.24) is 20.4 Å². The van der Waals surface area contributed by atoms with Gasteiger partial charge in [0.15, 0.2) is 5.69 Å². The Morgan fingerprint density at radius 1 is 1.42 bits per heavy atom. The maximum atomic E-state index is 12.1. The number of nitrogens with zero attached hydrogens (tertiary/aromatic N) is 2. The Morgan fingerprint density at radius 2 is 2.21 bits per heavy atom. The minimum absolute atomic E-state index is 0.222. The average Bonchev–Trinajstić information content (AvgIpc) is 2.98. The lowest BCUT2D eigenvalue weighted by Gasteiger charge is -2.03. The summed E-state index contributed by atoms with van der Waals surface area (Å²) in [5.41, 5.74) is 8.29. The van der Waals surface area contributed by atoms with Crippen molar-refractivity contribution in [2.24, 2.45) is 0 Å². The molecule has 0 aromatic carbocycles. The van der Waals surface area contributed by atoms with E-state index in [0.29, 0.717) is 11.5 Å². The molecule has 102 valence electrons. The van der Waals surface area contributed by atoms with Crippen LogP contribution in [0.15, 0.2) is 6.20 Å². The highest BCUT2D eigenvalue weighted by Crippen LogP contribution is 2.18. The van der Waals surface area contributed by atoms with Crippen molar-refractivity contribution < 1.29 is 4.79 Å². The third-order valence-corrected chi connectivity index (χ3v) is 2.94. The van der Waals surface area contributed by atoms with Crippen molar-refractivity contribution in [1.29, 1.82) is 0 Å². The van der Waals surface area contributed by atoms with Crippen LogP contribution in [-0.4, -0.2) is 26.3 Å². The zero-order valence-electron chi connectivity index (χ0n) is 11.1. The predicted octanol–water partition coefficient (Wildman–Crippen LogP) is 1.48. The Hall–Kier alpha value is -2.31. The first kappa shape index (κ1) is 13.1. The third kappa shape index (κ3) is 2.59. The summed E-state index contributed by atoms with van der Waals surface area (Å²) < 4.78 is 0. The summed E-state index contributed by atoms with van der Waals surface area (Å²) in [4.78, 5) is 12.1. The van der Waals surface area contributed by atoms with Crippen LogP contribution in [0.3, 0.4) is 0 Å². The monoisotopic (exact) mass is 262 g/mol. The van der Waals surface area contributed by atoms with Gasteiger partial charge in [0.2, 0.25) is 0 Å². The molecule has 2 aromatic rings. The number of nitrogens with one attached hydrogen (secondary N) is 3. The van der Waals surface area contributed by atoms with E-state index in [2.05, 4.69) is 25.7 Å². The van der Waals surface area contributed by atoms with Crippen LogP contribution in [-0.2, 0) is 12.8 Å². The standard InChI is InChI=1S/C12H18N6O/c1-3-5-8-9(13)10(17-16-8)12(19)15-11-7(4-2)6-14-18-11/h6H,3-5,13H2,1-2H3,(H,16,17)(H2,14,15,18,19). The summed E-state index contributed by atoms with van der Waals surface area (Å²) in [5.74, 6) is 0.252. The number of amides is 1. The van der Waals surface area contributed by atoms with E-state index in [4.69, 9.17) is 5.73 Å². The molecule has 0 radical (unpaired) electrons. The highest BCUT2D eigenvalue weighted by molar-refractivity contribution is 6.06. The van der Waals surface area contributed by atoms with Crippen molar-refractivity contribution in [3.8, 4) is 0 Å². The Bertz CT molecular complexity index is 571. The molecule has 7 nitrogen and oxygen atoms in total. The lowest BCUT2D eigenvalue weighted by Crippen LogP contribution is -2.15. The van der Waals surface area contributed by atoms with Gasteiger partial charge in [-0.1, -0.05) is 20.3 Å². The van der Waals surface area contributed by atoms with Gasteiger partial charge < -0.3 is 11.1 Å². The molecule has 0 saturated carbocycles. The fourth-order valence-corrected chi connectivity index (χ4v) is 1.86. The van der Waals surface area contributed by atoms with E-state index in [1.165, 1.54) is 0 Å². The highest BCUT2D eigenvalue weighted by Gasteiger charge is 2.18. The largest absolute Gasteiger partial charge is 0.395 e. The van der Waals surface area contributed by atoms with Crippen molar-refractivity contribution in [2.45, 2.75) is 33.1 Å². The lowest BCUT2D eigenvalue weighted by molar-refractivity contribution is 0.102. The van der Waals surface area contributed by atoms with Crippen molar-refractivity contribution in [3.63, 3.8) is 0 Å². The summed E-state index contributed by atoms with van der Waals surface area (Å²) in [6.07, 6.45) is 4.18. The molecule has 1 amide bonds. The third-order valence-electron chi connectivity index (χ3n) is 2.94. The maximum absolute atomic E-state index is 12.1. The zero-order chi connectivity index (χ0) is 13.8. The number of H-pyrrole nitrogens is 2. The molecule has 0 saturated heterocycles. The summed E-state index contributed by atoms with van der Waals surface area (Å²) in [5, 5.41) is 16.2. The predicted molar refractivity (Wildman–Crippen MR) is 72.9 cm³/mol.